The molecule has 0 aliphatic carbocycles. The van der Waals surface area contributed by atoms with Crippen LogP contribution in [0.2, 0.25) is 10.0 Å². The zero-order chi connectivity index (χ0) is 14.6. The van der Waals surface area contributed by atoms with E-state index in [0.717, 1.165) is 6.42 Å². The Hall–Kier alpha value is -1.26. The second-order valence-electron chi connectivity index (χ2n) is 3.84. The minimum Gasteiger partial charge on any atom is -0.493 e. The van der Waals surface area contributed by atoms with Gasteiger partial charge in [-0.05, 0) is 12.0 Å². The molecule has 0 heterocycles. The molecule has 0 aliphatic rings. The fourth-order valence-electron chi connectivity index (χ4n) is 1.75. The summed E-state index contributed by atoms with van der Waals surface area (Å²) in [4.78, 5) is 22.4. The van der Waals surface area contributed by atoms with E-state index in [1.807, 2.05) is 6.92 Å². The average Bonchev–Trinajstić information content (AvgIpc) is 2.36. The molecule has 0 saturated heterocycles. The van der Waals surface area contributed by atoms with Crippen molar-refractivity contribution in [1.82, 2.24) is 0 Å². The lowest BCUT2D eigenvalue weighted by molar-refractivity contribution is -0.131. The number of esters is 1. The smallest absolute Gasteiger partial charge is 0.308 e. The maximum atomic E-state index is 11.3. The number of benzene rings is 1. The summed E-state index contributed by atoms with van der Waals surface area (Å²) >= 11 is 12.2. The number of aldehydes is 1. The Morgan fingerprint density at radius 1 is 1.26 bits per heavy atom. The number of carbonyl (C=O) groups is 2. The van der Waals surface area contributed by atoms with Gasteiger partial charge in [0.2, 0.25) is 0 Å². The average molecular weight is 305 g/mol. The summed E-state index contributed by atoms with van der Waals surface area (Å²) in [6, 6.07) is 0. The summed E-state index contributed by atoms with van der Waals surface area (Å²) in [5, 5.41) is 0.289. The lowest BCUT2D eigenvalue weighted by atomic mass is 10.0. The van der Waals surface area contributed by atoms with Gasteiger partial charge in [0, 0.05) is 6.92 Å². The first-order chi connectivity index (χ1) is 8.97. The lowest BCUT2D eigenvalue weighted by Gasteiger charge is -2.17. The van der Waals surface area contributed by atoms with Gasteiger partial charge in [0.25, 0.3) is 0 Å². The summed E-state index contributed by atoms with van der Waals surface area (Å²) in [5.41, 5.74) is 0.754. The fourth-order valence-corrected chi connectivity index (χ4v) is 2.48. The van der Waals surface area contributed by atoms with Crippen LogP contribution in [-0.4, -0.2) is 19.4 Å². The van der Waals surface area contributed by atoms with Crippen LogP contribution < -0.4 is 9.47 Å². The molecule has 0 saturated carbocycles. The molecule has 0 atom stereocenters. The van der Waals surface area contributed by atoms with E-state index in [-0.39, 0.29) is 27.1 Å². The number of methoxy groups -OCH3 is 1. The van der Waals surface area contributed by atoms with Crippen molar-refractivity contribution in [1.29, 1.82) is 0 Å². The second kappa shape index (κ2) is 6.78. The molecule has 0 amide bonds. The van der Waals surface area contributed by atoms with Crippen LogP contribution in [0.4, 0.5) is 0 Å². The molecule has 0 N–H and O–H groups in total. The van der Waals surface area contributed by atoms with Gasteiger partial charge in [0.1, 0.15) is 5.02 Å². The van der Waals surface area contributed by atoms with Crippen molar-refractivity contribution in [2.45, 2.75) is 26.7 Å². The van der Waals surface area contributed by atoms with Gasteiger partial charge < -0.3 is 9.47 Å². The quantitative estimate of drug-likeness (QED) is 0.473. The molecule has 1 aromatic rings. The Morgan fingerprint density at radius 2 is 1.89 bits per heavy atom. The lowest BCUT2D eigenvalue weighted by Crippen LogP contribution is -2.08. The van der Waals surface area contributed by atoms with Gasteiger partial charge in [-0.25, -0.2) is 0 Å². The highest BCUT2D eigenvalue weighted by molar-refractivity contribution is 6.39. The third-order valence-electron chi connectivity index (χ3n) is 2.50. The predicted octanol–water partition coefficient (Wildman–Crippen LogP) is 3.69. The van der Waals surface area contributed by atoms with Crippen molar-refractivity contribution in [3.05, 3.63) is 21.2 Å². The molecule has 19 heavy (non-hydrogen) atoms. The van der Waals surface area contributed by atoms with Crippen molar-refractivity contribution in [2.24, 2.45) is 0 Å². The first kappa shape index (κ1) is 15.8. The minimum absolute atomic E-state index is 0.00568. The summed E-state index contributed by atoms with van der Waals surface area (Å²) in [5.74, 6) is -0.376. The highest BCUT2D eigenvalue weighted by Gasteiger charge is 2.24. The van der Waals surface area contributed by atoms with Crippen LogP contribution in [0, 0.1) is 0 Å². The number of halogens is 2. The van der Waals surface area contributed by atoms with Crippen LogP contribution in [0.25, 0.3) is 0 Å². The van der Waals surface area contributed by atoms with Crippen LogP contribution in [-0.2, 0) is 11.2 Å². The van der Waals surface area contributed by atoms with Crippen molar-refractivity contribution in [3.63, 3.8) is 0 Å². The van der Waals surface area contributed by atoms with Gasteiger partial charge in [-0.2, -0.15) is 0 Å². The summed E-state index contributed by atoms with van der Waals surface area (Å²) < 4.78 is 10.1. The summed E-state index contributed by atoms with van der Waals surface area (Å²) in [6.07, 6.45) is 1.90. The van der Waals surface area contributed by atoms with E-state index in [1.54, 1.807) is 0 Å². The second-order valence-corrected chi connectivity index (χ2v) is 4.60. The molecule has 1 rings (SSSR count). The molecule has 0 radical (unpaired) electrons. The topological polar surface area (TPSA) is 52.6 Å². The molecule has 0 unspecified atom stereocenters. The van der Waals surface area contributed by atoms with Gasteiger partial charge in [0.15, 0.2) is 17.8 Å². The first-order valence-corrected chi connectivity index (χ1v) is 6.44. The van der Waals surface area contributed by atoms with Gasteiger partial charge in [-0.3, -0.25) is 9.59 Å². The van der Waals surface area contributed by atoms with E-state index in [1.165, 1.54) is 14.0 Å². The molecule has 0 fully saturated rings. The molecule has 4 nitrogen and oxygen atoms in total. The molecule has 6 heteroatoms. The molecule has 0 aromatic heterocycles. The highest BCUT2D eigenvalue weighted by Crippen LogP contribution is 2.45. The maximum Gasteiger partial charge on any atom is 0.308 e. The van der Waals surface area contributed by atoms with Crippen LogP contribution in [0.15, 0.2) is 0 Å². The fraction of sp³-hybridized carbons (Fsp3) is 0.385. The zero-order valence-electron chi connectivity index (χ0n) is 10.9. The van der Waals surface area contributed by atoms with Crippen LogP contribution in [0.1, 0.15) is 36.2 Å². The normalized spacial score (nSPS) is 10.2. The van der Waals surface area contributed by atoms with E-state index in [4.69, 9.17) is 32.7 Å². The Kier molecular flexibility index (Phi) is 5.63. The standard InChI is InChI=1S/C13H14Cl2O4/c1-4-5-8-9(6-16)12(19-7(2)17)11(15)13(18-3)10(8)14/h6H,4-5H2,1-3H3. The predicted molar refractivity (Wildman–Crippen MR) is 73.7 cm³/mol. The summed E-state index contributed by atoms with van der Waals surface area (Å²) in [6.45, 7) is 3.17. The number of carbonyl (C=O) groups excluding carboxylic acids is 2. The van der Waals surface area contributed by atoms with Crippen molar-refractivity contribution < 1.29 is 19.1 Å². The van der Waals surface area contributed by atoms with Gasteiger partial charge >= 0.3 is 5.97 Å². The Morgan fingerprint density at radius 3 is 2.32 bits per heavy atom. The molecule has 1 aromatic carbocycles. The SMILES string of the molecule is CCCc1c(Cl)c(OC)c(Cl)c(OC(C)=O)c1C=O. The van der Waals surface area contributed by atoms with E-state index >= 15 is 0 Å². The monoisotopic (exact) mass is 304 g/mol. The molecule has 0 aliphatic heterocycles. The molecule has 104 valence electrons. The van der Waals surface area contributed by atoms with Crippen LogP contribution in [0.3, 0.4) is 0 Å². The van der Waals surface area contributed by atoms with Crippen LogP contribution in [0.5, 0.6) is 11.5 Å². The third-order valence-corrected chi connectivity index (χ3v) is 3.24. The molecule has 0 bridgehead atoms. The Bertz CT molecular complexity index is 512. The minimum atomic E-state index is -0.572. The van der Waals surface area contributed by atoms with Crippen LogP contribution >= 0.6 is 23.2 Å². The van der Waals surface area contributed by atoms with Gasteiger partial charge in [-0.1, -0.05) is 36.5 Å². The van der Waals surface area contributed by atoms with E-state index < -0.39 is 5.97 Å². The van der Waals surface area contributed by atoms with Gasteiger partial charge in [-0.15, -0.1) is 0 Å². The Labute approximate surface area is 121 Å². The Balaban J connectivity index is 3.63. The van der Waals surface area contributed by atoms with Crippen molar-refractivity contribution >= 4 is 35.5 Å². The summed E-state index contributed by atoms with van der Waals surface area (Å²) in [7, 11) is 1.40. The van der Waals surface area contributed by atoms with Crippen molar-refractivity contribution in [2.75, 3.05) is 7.11 Å². The van der Waals surface area contributed by atoms with Crippen molar-refractivity contribution in [3.8, 4) is 11.5 Å². The van der Waals surface area contributed by atoms with E-state index in [2.05, 4.69) is 0 Å². The number of hydrogen-bond donors (Lipinski definition) is 0. The first-order valence-electron chi connectivity index (χ1n) is 5.69. The maximum absolute atomic E-state index is 11.3. The van der Waals surface area contributed by atoms with E-state index in [9.17, 15) is 9.59 Å². The molecular weight excluding hydrogens is 291 g/mol. The largest absolute Gasteiger partial charge is 0.493 e. The molecular formula is C13H14Cl2O4. The number of ether oxygens (including phenoxy) is 2. The zero-order valence-corrected chi connectivity index (χ0v) is 12.4. The van der Waals surface area contributed by atoms with Gasteiger partial charge in [0.05, 0.1) is 17.7 Å². The number of rotatable bonds is 5. The van der Waals surface area contributed by atoms with E-state index in [0.29, 0.717) is 18.3 Å². The number of hydrogen-bond acceptors (Lipinski definition) is 4. The third kappa shape index (κ3) is 3.19. The highest BCUT2D eigenvalue weighted by atomic mass is 35.5. The molecule has 0 spiro atoms.